The Morgan fingerprint density at radius 2 is 1.92 bits per heavy atom. The molecule has 0 aliphatic heterocycles. The zero-order valence-corrected chi connectivity index (χ0v) is 6.15. The Hall–Kier alpha value is -1.68. The van der Waals surface area contributed by atoms with E-state index in [0.717, 1.165) is 0 Å². The van der Waals surface area contributed by atoms with Crippen LogP contribution in [-0.4, -0.2) is 17.4 Å². The second kappa shape index (κ2) is 3.64. The topological polar surface area (TPSA) is 66.4 Å². The Bertz CT molecular complexity index is 292. The van der Waals surface area contributed by atoms with E-state index in [2.05, 4.69) is 0 Å². The summed E-state index contributed by atoms with van der Waals surface area (Å²) in [7, 11) is 0. The predicted molar refractivity (Wildman–Crippen MR) is 41.1 cm³/mol. The van der Waals surface area contributed by atoms with Crippen molar-refractivity contribution in [3.05, 3.63) is 35.4 Å². The minimum atomic E-state index is -0.590. The number of carbonyl (C=O) groups excluding carboxylic acids is 2. The molecule has 0 aromatic heterocycles. The molecule has 0 atom stereocenters. The van der Waals surface area contributed by atoms with Gasteiger partial charge in [0.25, 0.3) is 5.91 Å². The van der Waals surface area contributed by atoms with Gasteiger partial charge in [-0.1, -0.05) is 12.1 Å². The van der Waals surface area contributed by atoms with Crippen molar-refractivity contribution < 1.29 is 14.8 Å². The van der Waals surface area contributed by atoms with Gasteiger partial charge in [-0.05, 0) is 12.1 Å². The standard InChI is InChI=1S/C8H7NO3/c10-5-6-1-3-7(4-2-6)8(11)9-12/h1-5,12H,(H,9,11). The molecule has 1 amide bonds. The van der Waals surface area contributed by atoms with Crippen LogP contribution in [-0.2, 0) is 0 Å². The van der Waals surface area contributed by atoms with E-state index in [1.54, 1.807) is 0 Å². The molecule has 1 aromatic rings. The van der Waals surface area contributed by atoms with Crippen LogP contribution in [0.15, 0.2) is 24.3 Å². The maximum absolute atomic E-state index is 10.8. The van der Waals surface area contributed by atoms with Crippen molar-refractivity contribution >= 4 is 12.2 Å². The molecule has 4 heteroatoms. The lowest BCUT2D eigenvalue weighted by molar-refractivity contribution is 0.0706. The third-order valence-electron chi connectivity index (χ3n) is 1.41. The van der Waals surface area contributed by atoms with Gasteiger partial charge in [-0.15, -0.1) is 0 Å². The largest absolute Gasteiger partial charge is 0.298 e. The number of hydrogen-bond acceptors (Lipinski definition) is 3. The van der Waals surface area contributed by atoms with E-state index in [1.165, 1.54) is 29.7 Å². The third kappa shape index (κ3) is 1.67. The van der Waals surface area contributed by atoms with Crippen LogP contribution in [0.1, 0.15) is 20.7 Å². The fourth-order valence-electron chi connectivity index (χ4n) is 0.778. The fraction of sp³-hybridized carbons (Fsp3) is 0. The number of benzene rings is 1. The summed E-state index contributed by atoms with van der Waals surface area (Å²) in [6.07, 6.45) is 0.681. The van der Waals surface area contributed by atoms with Gasteiger partial charge in [-0.25, -0.2) is 5.48 Å². The number of nitrogens with one attached hydrogen (secondary N) is 1. The Labute approximate surface area is 68.8 Å². The molecular weight excluding hydrogens is 158 g/mol. The molecule has 0 fully saturated rings. The SMILES string of the molecule is O=Cc1ccc(C(=O)NO)cc1. The van der Waals surface area contributed by atoms with Crippen LogP contribution in [0.25, 0.3) is 0 Å². The van der Waals surface area contributed by atoms with E-state index >= 15 is 0 Å². The Morgan fingerprint density at radius 3 is 2.33 bits per heavy atom. The average molecular weight is 165 g/mol. The molecule has 1 aromatic carbocycles. The molecule has 2 N–H and O–H groups in total. The molecule has 0 aliphatic rings. The molecule has 0 bridgehead atoms. The van der Waals surface area contributed by atoms with Gasteiger partial charge in [0, 0.05) is 11.1 Å². The Balaban J connectivity index is 2.91. The molecule has 4 nitrogen and oxygen atoms in total. The lowest BCUT2D eigenvalue weighted by atomic mass is 10.1. The number of aldehydes is 1. The first-order valence-corrected chi connectivity index (χ1v) is 3.27. The van der Waals surface area contributed by atoms with Crippen LogP contribution in [0.2, 0.25) is 0 Å². The highest BCUT2D eigenvalue weighted by Crippen LogP contribution is 2.01. The molecule has 0 spiro atoms. The molecule has 0 heterocycles. The number of hydrogen-bond donors (Lipinski definition) is 2. The van der Waals surface area contributed by atoms with Gasteiger partial charge >= 0.3 is 0 Å². The Morgan fingerprint density at radius 1 is 1.33 bits per heavy atom. The van der Waals surface area contributed by atoms with Crippen LogP contribution in [0, 0.1) is 0 Å². The summed E-state index contributed by atoms with van der Waals surface area (Å²) in [6, 6.07) is 5.90. The van der Waals surface area contributed by atoms with E-state index in [4.69, 9.17) is 5.21 Å². The smallest absolute Gasteiger partial charge is 0.274 e. The maximum Gasteiger partial charge on any atom is 0.274 e. The van der Waals surface area contributed by atoms with Crippen molar-refractivity contribution in [1.82, 2.24) is 5.48 Å². The van der Waals surface area contributed by atoms with Crippen molar-refractivity contribution in [1.29, 1.82) is 0 Å². The van der Waals surface area contributed by atoms with Crippen molar-refractivity contribution in [3.8, 4) is 0 Å². The van der Waals surface area contributed by atoms with Crippen molar-refractivity contribution in [2.75, 3.05) is 0 Å². The summed E-state index contributed by atoms with van der Waals surface area (Å²) in [5, 5.41) is 8.25. The minimum Gasteiger partial charge on any atom is -0.298 e. The van der Waals surface area contributed by atoms with Crippen LogP contribution >= 0.6 is 0 Å². The highest BCUT2D eigenvalue weighted by molar-refractivity contribution is 5.93. The normalized spacial score (nSPS) is 9.08. The van der Waals surface area contributed by atoms with Crippen LogP contribution in [0.5, 0.6) is 0 Å². The summed E-state index contributed by atoms with van der Waals surface area (Å²) < 4.78 is 0. The van der Waals surface area contributed by atoms with Gasteiger partial charge in [0.15, 0.2) is 0 Å². The predicted octanol–water partition coefficient (Wildman–Crippen LogP) is 0.618. The average Bonchev–Trinajstić information content (AvgIpc) is 2.17. The zero-order valence-electron chi connectivity index (χ0n) is 6.15. The summed E-state index contributed by atoms with van der Waals surface area (Å²) in [5.74, 6) is -0.590. The third-order valence-corrected chi connectivity index (χ3v) is 1.41. The molecule has 1 rings (SSSR count). The first kappa shape index (κ1) is 8.42. The highest BCUT2D eigenvalue weighted by Gasteiger charge is 2.01. The quantitative estimate of drug-likeness (QED) is 0.383. The molecule has 0 unspecified atom stereocenters. The maximum atomic E-state index is 10.8. The monoisotopic (exact) mass is 165 g/mol. The van der Waals surface area contributed by atoms with Crippen molar-refractivity contribution in [2.24, 2.45) is 0 Å². The second-order valence-electron chi connectivity index (χ2n) is 2.18. The molecule has 0 aliphatic carbocycles. The number of carbonyl (C=O) groups is 2. The minimum absolute atomic E-state index is 0.308. The number of rotatable bonds is 2. The van der Waals surface area contributed by atoms with Crippen LogP contribution < -0.4 is 5.48 Å². The lowest BCUT2D eigenvalue weighted by Crippen LogP contribution is -2.18. The summed E-state index contributed by atoms with van der Waals surface area (Å²) >= 11 is 0. The zero-order chi connectivity index (χ0) is 8.97. The van der Waals surface area contributed by atoms with Gasteiger partial charge in [-0.2, -0.15) is 0 Å². The second-order valence-corrected chi connectivity index (χ2v) is 2.18. The molecule has 62 valence electrons. The highest BCUT2D eigenvalue weighted by atomic mass is 16.5. The van der Waals surface area contributed by atoms with Gasteiger partial charge in [0.1, 0.15) is 6.29 Å². The van der Waals surface area contributed by atoms with Gasteiger partial charge in [0.2, 0.25) is 0 Å². The fourth-order valence-corrected chi connectivity index (χ4v) is 0.778. The van der Waals surface area contributed by atoms with Crippen LogP contribution in [0.4, 0.5) is 0 Å². The lowest BCUT2D eigenvalue weighted by Gasteiger charge is -1.97. The van der Waals surface area contributed by atoms with Gasteiger partial charge in [-0.3, -0.25) is 14.8 Å². The summed E-state index contributed by atoms with van der Waals surface area (Å²) in [6.45, 7) is 0. The van der Waals surface area contributed by atoms with Gasteiger partial charge in [0.05, 0.1) is 0 Å². The van der Waals surface area contributed by atoms with Crippen LogP contribution in [0.3, 0.4) is 0 Å². The Kier molecular flexibility index (Phi) is 2.55. The molecule has 0 saturated heterocycles. The summed E-state index contributed by atoms with van der Waals surface area (Å²) in [5.41, 5.74) is 2.29. The molecule has 0 saturated carbocycles. The van der Waals surface area contributed by atoms with E-state index in [0.29, 0.717) is 17.4 Å². The van der Waals surface area contributed by atoms with Crippen molar-refractivity contribution in [2.45, 2.75) is 0 Å². The number of hydroxylamine groups is 1. The van der Waals surface area contributed by atoms with E-state index < -0.39 is 5.91 Å². The van der Waals surface area contributed by atoms with E-state index in [-0.39, 0.29) is 0 Å². The molecular formula is C8H7NO3. The van der Waals surface area contributed by atoms with Gasteiger partial charge < -0.3 is 0 Å². The van der Waals surface area contributed by atoms with Crippen molar-refractivity contribution in [3.63, 3.8) is 0 Å². The first-order chi connectivity index (χ1) is 5.77. The molecule has 0 radical (unpaired) electrons. The van der Waals surface area contributed by atoms with E-state index in [1.807, 2.05) is 0 Å². The van der Waals surface area contributed by atoms with E-state index in [9.17, 15) is 9.59 Å². The first-order valence-electron chi connectivity index (χ1n) is 3.27. The summed E-state index contributed by atoms with van der Waals surface area (Å²) in [4.78, 5) is 21.0. The number of amides is 1. The molecule has 12 heavy (non-hydrogen) atoms.